The average Bonchev–Trinajstić information content (AvgIpc) is 3.03. The lowest BCUT2D eigenvalue weighted by atomic mass is 10.1. The molecule has 2 N–H and O–H groups in total. The topological polar surface area (TPSA) is 91.9 Å². The number of benzene rings is 1. The molecular weight excluding hydrogens is 346 g/mol. The zero-order chi connectivity index (χ0) is 17.3. The molecule has 0 atom stereocenters. The molecule has 24 heavy (non-hydrogen) atoms. The number of rotatable bonds is 4. The highest BCUT2D eigenvalue weighted by Crippen LogP contribution is 2.30. The van der Waals surface area contributed by atoms with Crippen molar-refractivity contribution < 1.29 is 8.42 Å². The Labute approximate surface area is 143 Å². The van der Waals surface area contributed by atoms with Crippen LogP contribution in [0.1, 0.15) is 11.1 Å². The van der Waals surface area contributed by atoms with Gasteiger partial charge >= 0.3 is 0 Å². The van der Waals surface area contributed by atoms with E-state index < -0.39 is 10.0 Å². The van der Waals surface area contributed by atoms with Gasteiger partial charge < -0.3 is 0 Å². The number of H-pyrrole nitrogens is 1. The van der Waals surface area contributed by atoms with Gasteiger partial charge in [-0.2, -0.15) is 5.10 Å². The lowest BCUT2D eigenvalue weighted by Gasteiger charge is -2.10. The molecule has 3 rings (SSSR count). The Morgan fingerprint density at radius 2 is 1.88 bits per heavy atom. The summed E-state index contributed by atoms with van der Waals surface area (Å²) in [5.41, 5.74) is 2.68. The van der Waals surface area contributed by atoms with Gasteiger partial charge in [0, 0.05) is 6.07 Å². The van der Waals surface area contributed by atoms with E-state index in [-0.39, 0.29) is 9.77 Å². The van der Waals surface area contributed by atoms with Crippen molar-refractivity contribution in [1.82, 2.24) is 10.2 Å². The van der Waals surface area contributed by atoms with Gasteiger partial charge in [-0.1, -0.05) is 12.1 Å². The molecule has 0 fully saturated rings. The van der Waals surface area contributed by atoms with Crippen LogP contribution in [0.15, 0.2) is 51.5 Å². The van der Waals surface area contributed by atoms with E-state index in [0.717, 1.165) is 22.5 Å². The zero-order valence-electron chi connectivity index (χ0n) is 13.0. The Hall–Kier alpha value is -2.45. The third-order valence-corrected chi connectivity index (χ3v) is 6.59. The van der Waals surface area contributed by atoms with Gasteiger partial charge in [0.25, 0.3) is 15.6 Å². The second kappa shape index (κ2) is 6.21. The summed E-state index contributed by atoms with van der Waals surface area (Å²) in [5.74, 6) is 0. The normalized spacial score (nSPS) is 11.4. The molecule has 0 spiro atoms. The zero-order valence-corrected chi connectivity index (χ0v) is 14.7. The van der Waals surface area contributed by atoms with E-state index in [1.807, 2.05) is 26.0 Å². The molecule has 0 saturated carbocycles. The van der Waals surface area contributed by atoms with Gasteiger partial charge in [-0.15, -0.1) is 11.3 Å². The monoisotopic (exact) mass is 361 g/mol. The maximum Gasteiger partial charge on any atom is 0.271 e. The fourth-order valence-electron chi connectivity index (χ4n) is 2.14. The molecule has 0 saturated heterocycles. The van der Waals surface area contributed by atoms with E-state index in [2.05, 4.69) is 14.9 Å². The van der Waals surface area contributed by atoms with Gasteiger partial charge in [0.15, 0.2) is 0 Å². The number of nitrogens with one attached hydrogen (secondary N) is 2. The van der Waals surface area contributed by atoms with E-state index in [9.17, 15) is 13.2 Å². The van der Waals surface area contributed by atoms with Gasteiger partial charge in [-0.25, -0.2) is 13.5 Å². The highest BCUT2D eigenvalue weighted by Gasteiger charge is 2.19. The van der Waals surface area contributed by atoms with Gasteiger partial charge in [0.05, 0.1) is 10.6 Å². The Kier molecular flexibility index (Phi) is 4.25. The quantitative estimate of drug-likeness (QED) is 0.747. The molecule has 6 nitrogen and oxygen atoms in total. The highest BCUT2D eigenvalue weighted by atomic mass is 32.2. The summed E-state index contributed by atoms with van der Waals surface area (Å²) >= 11 is 1.09. The third kappa shape index (κ3) is 3.24. The van der Waals surface area contributed by atoms with Crippen LogP contribution in [-0.2, 0) is 10.0 Å². The predicted octanol–water partition coefficient (Wildman–Crippen LogP) is 2.92. The van der Waals surface area contributed by atoms with E-state index in [1.54, 1.807) is 18.2 Å². The number of sulfonamides is 1. The number of nitrogens with zero attached hydrogens (tertiary/aromatic N) is 1. The molecule has 124 valence electrons. The molecule has 3 aromatic rings. The van der Waals surface area contributed by atoms with Crippen LogP contribution in [0.2, 0.25) is 0 Å². The van der Waals surface area contributed by atoms with Crippen LogP contribution >= 0.6 is 11.3 Å². The number of hydrogen-bond donors (Lipinski definition) is 2. The second-order valence-corrected chi connectivity index (χ2v) is 8.27. The minimum atomic E-state index is -3.68. The van der Waals surface area contributed by atoms with Crippen molar-refractivity contribution in [2.45, 2.75) is 18.1 Å². The number of aromatic nitrogens is 2. The van der Waals surface area contributed by atoms with Crippen molar-refractivity contribution in [3.05, 3.63) is 63.9 Å². The van der Waals surface area contributed by atoms with Crippen molar-refractivity contribution in [3.63, 3.8) is 0 Å². The first-order valence-corrected chi connectivity index (χ1v) is 9.42. The van der Waals surface area contributed by atoms with Gasteiger partial charge in [-0.3, -0.25) is 9.52 Å². The van der Waals surface area contributed by atoms with Gasteiger partial charge in [-0.05, 0) is 49.2 Å². The average molecular weight is 361 g/mol. The van der Waals surface area contributed by atoms with Crippen molar-refractivity contribution in [3.8, 4) is 10.6 Å². The van der Waals surface area contributed by atoms with Crippen LogP contribution in [0.25, 0.3) is 10.6 Å². The van der Waals surface area contributed by atoms with Crippen LogP contribution in [0.5, 0.6) is 0 Å². The maximum absolute atomic E-state index is 12.6. The molecule has 1 aromatic carbocycles. The number of aryl methyl sites for hydroxylation is 1. The first kappa shape index (κ1) is 16.4. The molecule has 2 heterocycles. The first-order chi connectivity index (χ1) is 11.4. The SMILES string of the molecule is Cc1cccc(NS(=O)(=O)c2ccc(-c3ccc(=O)[nH]n3)s2)c1C. The Morgan fingerprint density at radius 1 is 1.08 bits per heavy atom. The van der Waals surface area contributed by atoms with Crippen LogP contribution in [0.4, 0.5) is 5.69 Å². The molecule has 0 amide bonds. The van der Waals surface area contributed by atoms with E-state index in [1.165, 1.54) is 12.1 Å². The summed E-state index contributed by atoms with van der Waals surface area (Å²) in [4.78, 5) is 11.7. The first-order valence-electron chi connectivity index (χ1n) is 7.12. The summed E-state index contributed by atoms with van der Waals surface area (Å²) in [6.07, 6.45) is 0. The van der Waals surface area contributed by atoms with Gasteiger partial charge in [0.1, 0.15) is 9.90 Å². The third-order valence-electron chi connectivity index (χ3n) is 3.63. The Morgan fingerprint density at radius 3 is 2.58 bits per heavy atom. The molecule has 2 aromatic heterocycles. The predicted molar refractivity (Wildman–Crippen MR) is 94.9 cm³/mol. The number of thiophene rings is 1. The van der Waals surface area contributed by atoms with Crippen LogP contribution in [0.3, 0.4) is 0 Å². The highest BCUT2D eigenvalue weighted by molar-refractivity contribution is 7.94. The Bertz CT molecular complexity index is 1030. The summed E-state index contributed by atoms with van der Waals surface area (Å²) in [6, 6.07) is 11.6. The van der Waals surface area contributed by atoms with Crippen molar-refractivity contribution in [1.29, 1.82) is 0 Å². The summed E-state index contributed by atoms with van der Waals surface area (Å²) < 4.78 is 28.0. The molecule has 0 aliphatic carbocycles. The number of anilines is 1. The fraction of sp³-hybridized carbons (Fsp3) is 0.125. The standard InChI is InChI=1S/C16H15N3O3S2/c1-10-4-3-5-12(11(10)2)19-24(21,22)16-9-7-14(23-16)13-6-8-15(20)18-17-13/h3-9,19H,1-2H3,(H,18,20). The molecule has 0 radical (unpaired) electrons. The van der Waals surface area contributed by atoms with Crippen molar-refractivity contribution >= 4 is 27.0 Å². The van der Waals surface area contributed by atoms with Crippen LogP contribution in [-0.4, -0.2) is 18.6 Å². The lowest BCUT2D eigenvalue weighted by molar-refractivity contribution is 0.603. The van der Waals surface area contributed by atoms with Crippen molar-refractivity contribution in [2.24, 2.45) is 0 Å². The molecule has 0 unspecified atom stereocenters. The summed E-state index contributed by atoms with van der Waals surface area (Å²) in [7, 11) is -3.68. The molecule has 0 aliphatic rings. The number of hydrogen-bond acceptors (Lipinski definition) is 5. The van der Waals surface area contributed by atoms with E-state index in [4.69, 9.17) is 0 Å². The number of aromatic amines is 1. The summed E-state index contributed by atoms with van der Waals surface area (Å²) in [6.45, 7) is 3.80. The lowest BCUT2D eigenvalue weighted by Crippen LogP contribution is -2.12. The molecular formula is C16H15N3O3S2. The largest absolute Gasteiger partial charge is 0.279 e. The minimum Gasteiger partial charge on any atom is -0.279 e. The van der Waals surface area contributed by atoms with Crippen LogP contribution in [0, 0.1) is 13.8 Å². The Balaban J connectivity index is 1.92. The second-order valence-electron chi connectivity index (χ2n) is 5.28. The molecule has 0 bridgehead atoms. The molecule has 0 aliphatic heterocycles. The van der Waals surface area contributed by atoms with E-state index in [0.29, 0.717) is 16.3 Å². The van der Waals surface area contributed by atoms with Crippen LogP contribution < -0.4 is 10.3 Å². The summed E-state index contributed by atoms with van der Waals surface area (Å²) in [5, 5.41) is 6.25. The maximum atomic E-state index is 12.6. The van der Waals surface area contributed by atoms with Crippen molar-refractivity contribution in [2.75, 3.05) is 4.72 Å². The fourth-order valence-corrected chi connectivity index (χ4v) is 4.54. The smallest absolute Gasteiger partial charge is 0.271 e. The van der Waals surface area contributed by atoms with E-state index >= 15 is 0 Å². The van der Waals surface area contributed by atoms with Gasteiger partial charge in [0.2, 0.25) is 0 Å². The molecule has 8 heteroatoms. The minimum absolute atomic E-state index is 0.186.